The summed E-state index contributed by atoms with van der Waals surface area (Å²) in [6, 6.07) is -11.2. The van der Waals surface area contributed by atoms with E-state index >= 15 is 0 Å². The lowest BCUT2D eigenvalue weighted by Gasteiger charge is -2.32. The molecule has 0 atom stereocenters. The van der Waals surface area contributed by atoms with Crippen molar-refractivity contribution in [1.29, 1.82) is 0 Å². The molecule has 3 aromatic rings. The number of hydrogen-bond acceptors (Lipinski definition) is 3. The van der Waals surface area contributed by atoms with Crippen LogP contribution in [0.2, 0.25) is 0 Å². The molecule has 0 amide bonds. The third-order valence-corrected chi connectivity index (χ3v) is 4.76. The summed E-state index contributed by atoms with van der Waals surface area (Å²) in [4.78, 5) is 0.606. The molecule has 3 aromatic carbocycles. The normalized spacial score (nSPS) is 24.5. The minimum atomic E-state index is -1.33. The van der Waals surface area contributed by atoms with Crippen molar-refractivity contribution in [2.75, 3.05) is 4.90 Å². The smallest absolute Gasteiger partial charge is 0.399 e. The van der Waals surface area contributed by atoms with Crippen molar-refractivity contribution in [3.8, 4) is 0 Å². The van der Waals surface area contributed by atoms with Crippen LogP contribution < -0.4 is 10.4 Å². The Kier molecular flexibility index (Phi) is 2.15. The first-order chi connectivity index (χ1) is 19.2. The first-order valence-electron chi connectivity index (χ1n) is 15.6. The molecule has 3 nitrogen and oxygen atoms in total. The van der Waals surface area contributed by atoms with Crippen molar-refractivity contribution < 1.29 is 28.5 Å². The number of hydrogen-bond donors (Lipinski definition) is 0. The Morgan fingerprint density at radius 3 is 1.46 bits per heavy atom. The summed E-state index contributed by atoms with van der Waals surface area (Å²) in [5.41, 5.74) is -4.23. The standard InChI is InChI=1S/C24H26BNO2/c1-23(2)24(3,4)28-25(27-23)19-15-17-22(18-16-19)26(20-11-7-5-8-12-20)21-13-9-6-10-14-21/h5-18H,1-4H3/i5D,6D,7D,8D,9D,10D,11D,12D,13D,14D,15D,16D,17D,18D. The molecule has 0 aliphatic carbocycles. The molecule has 142 valence electrons. The average Bonchev–Trinajstić information content (AvgIpc) is 3.13. The van der Waals surface area contributed by atoms with Gasteiger partial charge < -0.3 is 14.2 Å². The quantitative estimate of drug-likeness (QED) is 0.557. The summed E-state index contributed by atoms with van der Waals surface area (Å²) in [5, 5.41) is 0. The molecule has 0 aromatic heterocycles. The molecule has 0 unspecified atom stereocenters. The highest BCUT2D eigenvalue weighted by Crippen LogP contribution is 2.37. The maximum Gasteiger partial charge on any atom is 0.494 e. The van der Waals surface area contributed by atoms with Crippen molar-refractivity contribution in [2.45, 2.75) is 38.9 Å². The van der Waals surface area contributed by atoms with Crippen molar-refractivity contribution in [1.82, 2.24) is 0 Å². The fraction of sp³-hybridized carbons (Fsp3) is 0.250. The molecule has 1 saturated heterocycles. The lowest BCUT2D eigenvalue weighted by molar-refractivity contribution is 0.00578. The van der Waals surface area contributed by atoms with Crippen molar-refractivity contribution in [2.24, 2.45) is 0 Å². The number of rotatable bonds is 4. The summed E-state index contributed by atoms with van der Waals surface area (Å²) in [5.74, 6) is 0. The molecule has 0 N–H and O–H groups in total. The van der Waals surface area contributed by atoms with Crippen molar-refractivity contribution in [3.05, 3.63) is 84.6 Å². The molecular weight excluding hydrogens is 345 g/mol. The van der Waals surface area contributed by atoms with E-state index in [9.17, 15) is 0 Å². The Morgan fingerprint density at radius 1 is 0.643 bits per heavy atom. The molecule has 0 saturated carbocycles. The second kappa shape index (κ2) is 7.12. The Hall–Kier alpha value is -2.56. The number of anilines is 3. The van der Waals surface area contributed by atoms with E-state index in [0.717, 1.165) is 0 Å². The monoisotopic (exact) mass is 385 g/mol. The van der Waals surface area contributed by atoms with Crippen LogP contribution in [0.4, 0.5) is 17.1 Å². The minimum Gasteiger partial charge on any atom is -0.399 e. The van der Waals surface area contributed by atoms with Crippen LogP contribution in [-0.2, 0) is 9.31 Å². The van der Waals surface area contributed by atoms with Gasteiger partial charge in [0.2, 0.25) is 0 Å². The van der Waals surface area contributed by atoms with Crippen LogP contribution in [0.15, 0.2) is 84.6 Å². The minimum absolute atomic E-state index is 0.269. The highest BCUT2D eigenvalue weighted by molar-refractivity contribution is 6.62. The van der Waals surface area contributed by atoms with E-state index in [2.05, 4.69) is 0 Å². The Morgan fingerprint density at radius 2 is 1.04 bits per heavy atom. The zero-order valence-corrected chi connectivity index (χ0v) is 15.8. The predicted octanol–water partition coefficient (Wildman–Crippen LogP) is 5.46. The van der Waals surface area contributed by atoms with E-state index in [-0.39, 0.29) is 5.46 Å². The largest absolute Gasteiger partial charge is 0.494 e. The van der Waals surface area contributed by atoms with Gasteiger partial charge in [-0.15, -0.1) is 0 Å². The van der Waals surface area contributed by atoms with Crippen LogP contribution >= 0.6 is 0 Å². The van der Waals surface area contributed by atoms with Gasteiger partial charge in [-0.3, -0.25) is 0 Å². The molecule has 0 spiro atoms. The zero-order chi connectivity index (χ0) is 32.0. The summed E-state index contributed by atoms with van der Waals surface area (Å²) in [7, 11) is -1.33. The summed E-state index contributed by atoms with van der Waals surface area (Å²) >= 11 is 0. The molecule has 1 heterocycles. The number of nitrogens with zero attached hydrogens (tertiary/aromatic N) is 1. The van der Waals surface area contributed by atoms with Gasteiger partial charge in [0, 0.05) is 17.1 Å². The summed E-state index contributed by atoms with van der Waals surface area (Å²) in [6.45, 7) is 6.93. The van der Waals surface area contributed by atoms with Crippen molar-refractivity contribution >= 4 is 29.6 Å². The highest BCUT2D eigenvalue weighted by Gasteiger charge is 2.51. The van der Waals surface area contributed by atoms with Crippen molar-refractivity contribution in [3.63, 3.8) is 0 Å². The Bertz CT molecular complexity index is 1490. The second-order valence-electron chi connectivity index (χ2n) is 7.13. The van der Waals surface area contributed by atoms with Crippen LogP contribution in [0.3, 0.4) is 0 Å². The van der Waals surface area contributed by atoms with E-state index in [1.807, 2.05) is 0 Å². The Balaban J connectivity index is 2.17. The van der Waals surface area contributed by atoms with E-state index in [0.29, 0.717) is 4.90 Å². The molecule has 4 rings (SSSR count). The predicted molar refractivity (Wildman–Crippen MR) is 117 cm³/mol. The van der Waals surface area contributed by atoms with Gasteiger partial charge in [-0.05, 0) is 69.4 Å². The molecular formula is C24H26BNO2. The molecule has 0 bridgehead atoms. The fourth-order valence-corrected chi connectivity index (χ4v) is 2.55. The average molecular weight is 385 g/mol. The van der Waals surface area contributed by atoms with Crippen LogP contribution in [0, 0.1) is 0 Å². The van der Waals surface area contributed by atoms with Gasteiger partial charge in [0.25, 0.3) is 0 Å². The fourth-order valence-electron chi connectivity index (χ4n) is 2.55. The lowest BCUT2D eigenvalue weighted by atomic mass is 9.79. The lowest BCUT2D eigenvalue weighted by Crippen LogP contribution is -2.41. The van der Waals surface area contributed by atoms with Crippen LogP contribution in [0.5, 0.6) is 0 Å². The first-order valence-corrected chi connectivity index (χ1v) is 8.59. The maximum absolute atomic E-state index is 8.90. The molecule has 1 fully saturated rings. The highest BCUT2D eigenvalue weighted by atomic mass is 16.7. The van der Waals surface area contributed by atoms with Crippen LogP contribution in [-0.4, -0.2) is 18.3 Å². The van der Waals surface area contributed by atoms with Gasteiger partial charge in [0.1, 0.15) is 0 Å². The first kappa shape index (κ1) is 8.44. The van der Waals surface area contributed by atoms with E-state index in [4.69, 9.17) is 28.5 Å². The third-order valence-electron chi connectivity index (χ3n) is 4.76. The Labute approximate surface area is 187 Å². The molecule has 1 aliphatic heterocycles. The zero-order valence-electron chi connectivity index (χ0n) is 29.8. The number of benzene rings is 3. The summed E-state index contributed by atoms with van der Waals surface area (Å²) < 4.78 is 130. The second-order valence-corrected chi connectivity index (χ2v) is 7.13. The van der Waals surface area contributed by atoms with Crippen LogP contribution in [0.25, 0.3) is 0 Å². The molecule has 28 heavy (non-hydrogen) atoms. The topological polar surface area (TPSA) is 21.7 Å². The number of para-hydroxylation sites is 2. The van der Waals surface area contributed by atoms with E-state index in [1.165, 1.54) is 0 Å². The summed E-state index contributed by atoms with van der Waals surface area (Å²) in [6.07, 6.45) is 0. The van der Waals surface area contributed by atoms with Gasteiger partial charge >= 0.3 is 7.12 Å². The van der Waals surface area contributed by atoms with E-state index in [1.54, 1.807) is 27.7 Å². The third kappa shape index (κ3) is 3.46. The van der Waals surface area contributed by atoms with Crippen LogP contribution in [0.1, 0.15) is 46.9 Å². The molecule has 1 aliphatic rings. The SMILES string of the molecule is [2H]c1c([2H])c([2H])c(N(c2c([2H])c([2H])c([2H])c([2H])c2[2H])c2c([2H])c([2H])c(B3OC(C)(C)C(C)(C)O3)c([2H])c2[2H])c([2H])c1[2H]. The maximum atomic E-state index is 8.90. The van der Waals surface area contributed by atoms with Gasteiger partial charge in [0.15, 0.2) is 0 Å². The van der Waals surface area contributed by atoms with Gasteiger partial charge in [-0.25, -0.2) is 0 Å². The van der Waals surface area contributed by atoms with E-state index < -0.39 is 120 Å². The van der Waals surface area contributed by atoms with Gasteiger partial charge in [-0.1, -0.05) is 48.3 Å². The van der Waals surface area contributed by atoms with Gasteiger partial charge in [-0.2, -0.15) is 0 Å². The van der Waals surface area contributed by atoms with Gasteiger partial charge in [0.05, 0.1) is 30.4 Å². The molecule has 4 heteroatoms. The molecule has 0 radical (unpaired) electrons.